The number of nitrogens with two attached hydrogens (primary N) is 2. The van der Waals surface area contributed by atoms with Crippen LogP contribution < -0.4 is 31.3 Å². The van der Waals surface area contributed by atoms with Gasteiger partial charge >= 0.3 is 0 Å². The average molecular weight is 508 g/mol. The quantitative estimate of drug-likeness (QED) is 0.503. The molecule has 5 rings (SSSR count). The lowest BCUT2D eigenvalue weighted by Crippen LogP contribution is -2.65. The van der Waals surface area contributed by atoms with Crippen molar-refractivity contribution in [3.63, 3.8) is 0 Å². The SMILES string of the molecule is COc1cccc(N(C)C)c1CN1CCC(N2C(N)c3ccccc3N(CCC3CCCN3)C2N)CC1. The van der Waals surface area contributed by atoms with Gasteiger partial charge in [0.15, 0.2) is 0 Å². The van der Waals surface area contributed by atoms with E-state index in [9.17, 15) is 0 Å². The molecule has 3 unspecified atom stereocenters. The van der Waals surface area contributed by atoms with Crippen LogP contribution in [0.25, 0.3) is 0 Å². The number of benzene rings is 2. The highest BCUT2D eigenvalue weighted by Crippen LogP contribution is 2.38. The first kappa shape index (κ1) is 26.3. The van der Waals surface area contributed by atoms with Crippen LogP contribution in [0.1, 0.15) is 49.4 Å². The summed E-state index contributed by atoms with van der Waals surface area (Å²) in [6.45, 7) is 4.98. The van der Waals surface area contributed by atoms with Gasteiger partial charge < -0.3 is 25.6 Å². The van der Waals surface area contributed by atoms with Gasteiger partial charge in [-0.15, -0.1) is 0 Å². The molecule has 3 heterocycles. The molecular weight excluding hydrogens is 462 g/mol. The maximum atomic E-state index is 7.01. The van der Waals surface area contributed by atoms with Crippen molar-refractivity contribution in [2.45, 2.75) is 63.2 Å². The first-order valence-electron chi connectivity index (χ1n) is 13.9. The third-order valence-electron chi connectivity index (χ3n) is 8.56. The molecule has 8 heteroatoms. The van der Waals surface area contributed by atoms with Gasteiger partial charge in [-0.1, -0.05) is 24.3 Å². The van der Waals surface area contributed by atoms with E-state index < -0.39 is 0 Å². The van der Waals surface area contributed by atoms with Crippen LogP contribution in [0.4, 0.5) is 11.4 Å². The minimum absolute atomic E-state index is 0.182. The minimum atomic E-state index is -0.211. The van der Waals surface area contributed by atoms with Crippen LogP contribution >= 0.6 is 0 Å². The summed E-state index contributed by atoms with van der Waals surface area (Å²) in [5, 5.41) is 3.64. The van der Waals surface area contributed by atoms with Crippen molar-refractivity contribution < 1.29 is 4.74 Å². The molecule has 5 N–H and O–H groups in total. The second-order valence-electron chi connectivity index (χ2n) is 11.0. The molecule has 8 nitrogen and oxygen atoms in total. The number of fused-ring (bicyclic) bond motifs is 1. The normalized spacial score (nSPS) is 25.3. The summed E-state index contributed by atoms with van der Waals surface area (Å²) in [6, 6.07) is 15.8. The number of piperidine rings is 1. The van der Waals surface area contributed by atoms with E-state index in [1.54, 1.807) is 7.11 Å². The lowest BCUT2D eigenvalue weighted by Gasteiger charge is -2.52. The van der Waals surface area contributed by atoms with E-state index in [1.807, 2.05) is 0 Å². The molecule has 202 valence electrons. The largest absolute Gasteiger partial charge is 0.496 e. The predicted octanol–water partition coefficient (Wildman–Crippen LogP) is 2.89. The van der Waals surface area contributed by atoms with Crippen LogP contribution in [0.5, 0.6) is 5.75 Å². The van der Waals surface area contributed by atoms with Crippen LogP contribution in [0.2, 0.25) is 0 Å². The van der Waals surface area contributed by atoms with Gasteiger partial charge in [0.25, 0.3) is 0 Å². The molecule has 0 bridgehead atoms. The highest BCUT2D eigenvalue weighted by molar-refractivity contribution is 5.59. The van der Waals surface area contributed by atoms with Gasteiger partial charge in [-0.2, -0.15) is 0 Å². The number of nitrogens with one attached hydrogen (secondary N) is 1. The molecule has 2 aromatic rings. The van der Waals surface area contributed by atoms with Gasteiger partial charge in [-0.05, 0) is 69.9 Å². The Kier molecular flexibility index (Phi) is 8.21. The van der Waals surface area contributed by atoms with E-state index in [0.29, 0.717) is 12.1 Å². The van der Waals surface area contributed by atoms with Crippen molar-refractivity contribution in [3.05, 3.63) is 53.6 Å². The molecule has 0 spiro atoms. The highest BCUT2D eigenvalue weighted by atomic mass is 16.5. The number of methoxy groups -OCH3 is 1. The van der Waals surface area contributed by atoms with Crippen molar-refractivity contribution in [3.8, 4) is 5.75 Å². The lowest BCUT2D eigenvalue weighted by molar-refractivity contribution is 0.0283. The molecule has 3 atom stereocenters. The third kappa shape index (κ3) is 5.45. The van der Waals surface area contributed by atoms with Crippen LogP contribution in [-0.4, -0.2) is 75.6 Å². The molecule has 3 aliphatic heterocycles. The molecule has 2 saturated heterocycles. The van der Waals surface area contributed by atoms with Crippen LogP contribution in [-0.2, 0) is 6.54 Å². The molecule has 2 aromatic carbocycles. The second-order valence-corrected chi connectivity index (χ2v) is 11.0. The molecule has 3 aliphatic rings. The van der Waals surface area contributed by atoms with Crippen molar-refractivity contribution in [1.82, 2.24) is 15.1 Å². The Morgan fingerprint density at radius 1 is 1.03 bits per heavy atom. The summed E-state index contributed by atoms with van der Waals surface area (Å²) in [7, 11) is 5.95. The summed E-state index contributed by atoms with van der Waals surface area (Å²) in [4.78, 5) is 9.49. The zero-order valence-electron chi connectivity index (χ0n) is 22.8. The number of nitrogens with zero attached hydrogens (tertiary/aromatic N) is 4. The molecule has 0 aromatic heterocycles. The van der Waals surface area contributed by atoms with E-state index in [-0.39, 0.29) is 12.5 Å². The number of hydrogen-bond donors (Lipinski definition) is 3. The van der Waals surface area contributed by atoms with Crippen molar-refractivity contribution >= 4 is 11.4 Å². The Morgan fingerprint density at radius 3 is 2.51 bits per heavy atom. The van der Waals surface area contributed by atoms with Crippen molar-refractivity contribution in [2.75, 3.05) is 57.2 Å². The van der Waals surface area contributed by atoms with E-state index in [0.717, 1.165) is 57.7 Å². The standard InChI is InChI=1S/C29H45N7O/c1-33(2)25-11-6-12-27(37-3)24(25)20-34-17-14-22(15-18-34)36-28(30)23-9-4-5-10-26(23)35(29(36)31)19-13-21-8-7-16-32-21/h4-6,9-12,21-22,28-29,32H,7-8,13-20,30-31H2,1-3H3. The van der Waals surface area contributed by atoms with Crippen molar-refractivity contribution in [2.24, 2.45) is 11.5 Å². The van der Waals surface area contributed by atoms with Crippen LogP contribution in [0.15, 0.2) is 42.5 Å². The smallest absolute Gasteiger partial charge is 0.136 e. The number of likely N-dealkylation sites (tertiary alicyclic amines) is 1. The minimum Gasteiger partial charge on any atom is -0.496 e. The Balaban J connectivity index is 1.29. The monoisotopic (exact) mass is 507 g/mol. The van der Waals surface area contributed by atoms with Gasteiger partial charge in [-0.25, -0.2) is 4.90 Å². The average Bonchev–Trinajstić information content (AvgIpc) is 3.43. The highest BCUT2D eigenvalue weighted by Gasteiger charge is 2.40. The third-order valence-corrected chi connectivity index (χ3v) is 8.56. The molecule has 0 aliphatic carbocycles. The summed E-state index contributed by atoms with van der Waals surface area (Å²) in [6.07, 6.45) is 5.34. The first-order valence-corrected chi connectivity index (χ1v) is 13.9. The molecule has 0 saturated carbocycles. The number of anilines is 2. The summed E-state index contributed by atoms with van der Waals surface area (Å²) >= 11 is 0. The maximum absolute atomic E-state index is 7.01. The predicted molar refractivity (Wildman–Crippen MR) is 152 cm³/mol. The van der Waals surface area contributed by atoms with Crippen molar-refractivity contribution in [1.29, 1.82) is 0 Å². The number of para-hydroxylation sites is 1. The Bertz CT molecular complexity index is 1030. The second kappa shape index (κ2) is 11.6. The Labute approximate surface area is 222 Å². The Morgan fingerprint density at radius 2 is 1.81 bits per heavy atom. The zero-order chi connectivity index (χ0) is 25.9. The van der Waals surface area contributed by atoms with Gasteiger partial charge in [0, 0.05) is 61.8 Å². The summed E-state index contributed by atoms with van der Waals surface area (Å²) in [5.74, 6) is 0.956. The lowest BCUT2D eigenvalue weighted by atomic mass is 9.97. The fourth-order valence-corrected chi connectivity index (χ4v) is 6.54. The zero-order valence-corrected chi connectivity index (χ0v) is 22.8. The molecule has 2 fully saturated rings. The van der Waals surface area contributed by atoms with Gasteiger partial charge in [0.05, 0.1) is 13.3 Å². The molecule has 0 radical (unpaired) electrons. The molecule has 37 heavy (non-hydrogen) atoms. The summed E-state index contributed by atoms with van der Waals surface area (Å²) in [5.41, 5.74) is 18.8. The van der Waals surface area contributed by atoms with E-state index >= 15 is 0 Å². The number of rotatable bonds is 8. The maximum Gasteiger partial charge on any atom is 0.136 e. The van der Waals surface area contributed by atoms with Gasteiger partial charge in [0.1, 0.15) is 12.0 Å². The fraction of sp³-hybridized carbons (Fsp3) is 0.586. The van der Waals surface area contributed by atoms with Crippen LogP contribution in [0, 0.1) is 0 Å². The van der Waals surface area contributed by atoms with Gasteiger partial charge in [-0.3, -0.25) is 10.6 Å². The first-order chi connectivity index (χ1) is 18.0. The van der Waals surface area contributed by atoms with E-state index in [1.165, 1.54) is 35.3 Å². The number of ether oxygens (including phenoxy) is 1. The number of hydrogen-bond acceptors (Lipinski definition) is 8. The Hall–Kier alpha value is -2.36. The fourth-order valence-electron chi connectivity index (χ4n) is 6.54. The topological polar surface area (TPSA) is 86.3 Å². The summed E-state index contributed by atoms with van der Waals surface area (Å²) < 4.78 is 5.72. The van der Waals surface area contributed by atoms with E-state index in [2.05, 4.69) is 81.5 Å². The van der Waals surface area contributed by atoms with Gasteiger partial charge in [0.2, 0.25) is 0 Å². The molecular formula is C29H45N7O. The molecule has 0 amide bonds. The van der Waals surface area contributed by atoms with Crippen LogP contribution in [0.3, 0.4) is 0 Å². The van der Waals surface area contributed by atoms with E-state index in [4.69, 9.17) is 16.2 Å².